The van der Waals surface area contributed by atoms with Crippen LogP contribution in [0, 0.1) is 5.92 Å². The van der Waals surface area contributed by atoms with Gasteiger partial charge in [-0.3, -0.25) is 4.98 Å². The van der Waals surface area contributed by atoms with Crippen molar-refractivity contribution in [3.8, 4) is 5.75 Å². The predicted molar refractivity (Wildman–Crippen MR) is 128 cm³/mol. The summed E-state index contributed by atoms with van der Waals surface area (Å²) in [4.78, 5) is 9.23. The highest BCUT2D eigenvalue weighted by Crippen LogP contribution is 2.27. The molecule has 2 aliphatic rings. The van der Waals surface area contributed by atoms with Crippen LogP contribution >= 0.6 is 0 Å². The quantitative estimate of drug-likeness (QED) is 0.416. The van der Waals surface area contributed by atoms with Crippen molar-refractivity contribution in [2.45, 2.75) is 51.4 Å². The number of halogens is 1. The summed E-state index contributed by atoms with van der Waals surface area (Å²) in [6.07, 6.45) is 9.69. The van der Waals surface area contributed by atoms with E-state index < -0.39 is 6.67 Å². The molecule has 0 saturated carbocycles. The first-order chi connectivity index (χ1) is 15.7. The Morgan fingerprint density at radius 3 is 2.53 bits per heavy atom. The van der Waals surface area contributed by atoms with Gasteiger partial charge >= 0.3 is 0 Å². The van der Waals surface area contributed by atoms with Crippen LogP contribution in [-0.4, -0.2) is 56.7 Å². The third-order valence-electron chi connectivity index (χ3n) is 6.91. The molecule has 32 heavy (non-hydrogen) atoms. The maximum Gasteiger partial charge on any atom is 0.185 e. The molecule has 0 N–H and O–H groups in total. The summed E-state index contributed by atoms with van der Waals surface area (Å²) in [7, 11) is 2.18. The topological polar surface area (TPSA) is 37.8 Å². The molecule has 2 aromatic rings. The van der Waals surface area contributed by atoms with E-state index in [0.717, 1.165) is 49.7 Å². The van der Waals surface area contributed by atoms with Crippen molar-refractivity contribution in [2.75, 3.05) is 37.7 Å². The minimum atomic E-state index is -0.411. The average molecular weight is 439 g/mol. The Morgan fingerprint density at radius 1 is 1.03 bits per heavy atom. The minimum Gasteiger partial charge on any atom is -0.490 e. The van der Waals surface area contributed by atoms with Gasteiger partial charge in [-0.2, -0.15) is 0 Å². The second-order valence-corrected chi connectivity index (χ2v) is 9.19. The van der Waals surface area contributed by atoms with Crippen LogP contribution < -0.4 is 9.64 Å². The summed E-state index contributed by atoms with van der Waals surface area (Å²) in [5.74, 6) is 1.57. The lowest BCUT2D eigenvalue weighted by Gasteiger charge is -2.33. The van der Waals surface area contributed by atoms with Crippen LogP contribution in [0.15, 0.2) is 42.7 Å². The van der Waals surface area contributed by atoms with Crippen LogP contribution in [0.2, 0.25) is 0 Å². The average Bonchev–Trinajstić information content (AvgIpc) is 3.26. The number of rotatable bonds is 10. The number of benzene rings is 1. The lowest BCUT2D eigenvalue weighted by molar-refractivity contribution is 0.104. The van der Waals surface area contributed by atoms with Crippen LogP contribution in [0.4, 0.5) is 10.1 Å². The summed E-state index contributed by atoms with van der Waals surface area (Å²) in [6.45, 7) is 4.96. The van der Waals surface area contributed by atoms with Gasteiger partial charge in [-0.25, -0.2) is 4.39 Å². The number of alkyl halides is 1. The SMILES string of the molecule is BN1CCC[C@H]1COc1cncc(N2CCC(CCOCc3ccc(CF)cc3)CC2)c1. The van der Waals surface area contributed by atoms with Gasteiger partial charge in [0.25, 0.3) is 0 Å². The van der Waals surface area contributed by atoms with Gasteiger partial charge in [-0.05, 0) is 55.7 Å². The number of hydrogen-bond donors (Lipinski definition) is 0. The second kappa shape index (κ2) is 11.7. The number of piperidine rings is 1. The molecule has 0 aliphatic carbocycles. The standard InChI is InChI=1S/C25H35BFN3O2/c26-30-10-1-2-23(30)19-32-25-14-24(16-28-17-25)29-11-7-20(8-12-29)9-13-31-18-22-5-3-21(15-27)4-6-22/h3-6,14,16-17,20,23H,1-2,7-13,15,18-19,26H2/t23-/m0/s1. The predicted octanol–water partition coefficient (Wildman–Crippen LogP) is 3.77. The fourth-order valence-electron chi connectivity index (χ4n) is 4.69. The molecule has 0 amide bonds. The van der Waals surface area contributed by atoms with Crippen LogP contribution in [-0.2, 0) is 18.0 Å². The fourth-order valence-corrected chi connectivity index (χ4v) is 4.69. The number of ether oxygens (including phenoxy) is 2. The summed E-state index contributed by atoms with van der Waals surface area (Å²) in [5.41, 5.74) is 2.98. The largest absolute Gasteiger partial charge is 0.490 e. The van der Waals surface area contributed by atoms with E-state index >= 15 is 0 Å². The Labute approximate surface area is 192 Å². The molecule has 0 spiro atoms. The summed E-state index contributed by atoms with van der Waals surface area (Å²) in [6, 6.07) is 10.2. The van der Waals surface area contributed by atoms with Crippen molar-refractivity contribution in [1.29, 1.82) is 0 Å². The molecule has 3 heterocycles. The van der Waals surface area contributed by atoms with Crippen LogP contribution in [0.3, 0.4) is 0 Å². The van der Waals surface area contributed by atoms with Gasteiger partial charge in [0.05, 0.1) is 24.7 Å². The Kier molecular flexibility index (Phi) is 8.40. The number of nitrogens with zero attached hydrogens (tertiary/aromatic N) is 3. The van der Waals surface area contributed by atoms with Crippen molar-refractivity contribution in [3.63, 3.8) is 0 Å². The van der Waals surface area contributed by atoms with Gasteiger partial charge in [-0.1, -0.05) is 24.3 Å². The van der Waals surface area contributed by atoms with Crippen molar-refractivity contribution in [3.05, 3.63) is 53.9 Å². The zero-order chi connectivity index (χ0) is 22.2. The molecular weight excluding hydrogens is 404 g/mol. The van der Waals surface area contributed by atoms with Crippen molar-refractivity contribution >= 4 is 13.7 Å². The first-order valence-electron chi connectivity index (χ1n) is 12.0. The van der Waals surface area contributed by atoms with E-state index in [1.807, 2.05) is 36.7 Å². The van der Waals surface area contributed by atoms with E-state index in [1.54, 1.807) is 0 Å². The molecule has 2 aliphatic heterocycles. The highest BCUT2D eigenvalue weighted by Gasteiger charge is 2.22. The zero-order valence-corrected chi connectivity index (χ0v) is 19.2. The van der Waals surface area contributed by atoms with Crippen LogP contribution in [0.1, 0.15) is 43.2 Å². The molecule has 1 aromatic carbocycles. The van der Waals surface area contributed by atoms with Gasteiger partial charge in [0.2, 0.25) is 0 Å². The molecule has 2 fully saturated rings. The highest BCUT2D eigenvalue weighted by molar-refractivity contribution is 6.04. The van der Waals surface area contributed by atoms with E-state index in [0.29, 0.717) is 24.1 Å². The third kappa shape index (κ3) is 6.45. The summed E-state index contributed by atoms with van der Waals surface area (Å²) in [5, 5.41) is 0. The monoisotopic (exact) mass is 439 g/mol. The highest BCUT2D eigenvalue weighted by atomic mass is 19.1. The molecule has 1 atom stereocenters. The Hall–Kier alpha value is -2.12. The van der Waals surface area contributed by atoms with Gasteiger partial charge in [0.1, 0.15) is 19.0 Å². The van der Waals surface area contributed by atoms with E-state index in [1.165, 1.54) is 32.2 Å². The zero-order valence-electron chi connectivity index (χ0n) is 19.2. The second-order valence-electron chi connectivity index (χ2n) is 9.19. The maximum absolute atomic E-state index is 12.6. The fraction of sp³-hybridized carbons (Fsp3) is 0.560. The number of pyridine rings is 1. The smallest absolute Gasteiger partial charge is 0.185 e. The summed E-state index contributed by atoms with van der Waals surface area (Å²) < 4.78 is 24.5. The van der Waals surface area contributed by atoms with Crippen LogP contribution in [0.5, 0.6) is 5.75 Å². The molecule has 0 radical (unpaired) electrons. The lowest BCUT2D eigenvalue weighted by atomic mass is 9.94. The molecule has 4 rings (SSSR count). The Bertz CT molecular complexity index is 830. The number of aromatic nitrogens is 1. The van der Waals surface area contributed by atoms with Crippen molar-refractivity contribution < 1.29 is 13.9 Å². The van der Waals surface area contributed by atoms with E-state index in [9.17, 15) is 4.39 Å². The third-order valence-corrected chi connectivity index (χ3v) is 6.91. The Morgan fingerprint density at radius 2 is 1.81 bits per heavy atom. The van der Waals surface area contributed by atoms with Gasteiger partial charge in [-0.15, -0.1) is 0 Å². The van der Waals surface area contributed by atoms with Crippen LogP contribution in [0.25, 0.3) is 0 Å². The molecule has 172 valence electrons. The molecule has 1 aromatic heterocycles. The maximum atomic E-state index is 12.6. The minimum absolute atomic E-state index is 0.411. The first kappa shape index (κ1) is 23.1. The molecular formula is C25H35BFN3O2. The first-order valence-corrected chi connectivity index (χ1v) is 12.0. The molecule has 7 heteroatoms. The number of anilines is 1. The molecule has 0 unspecified atom stereocenters. The van der Waals surface area contributed by atoms with Gasteiger partial charge < -0.3 is 19.2 Å². The van der Waals surface area contributed by atoms with Gasteiger partial charge in [0.15, 0.2) is 7.98 Å². The number of hydrogen-bond acceptors (Lipinski definition) is 5. The Balaban J connectivity index is 1.16. The van der Waals surface area contributed by atoms with E-state index in [2.05, 4.69) is 28.7 Å². The molecule has 5 nitrogen and oxygen atoms in total. The van der Waals surface area contributed by atoms with Crippen molar-refractivity contribution in [2.24, 2.45) is 5.92 Å². The lowest BCUT2D eigenvalue weighted by Crippen LogP contribution is -2.34. The van der Waals surface area contributed by atoms with Crippen molar-refractivity contribution in [1.82, 2.24) is 9.79 Å². The van der Waals surface area contributed by atoms with E-state index in [4.69, 9.17) is 9.47 Å². The normalized spacial score (nSPS) is 20.0. The summed E-state index contributed by atoms with van der Waals surface area (Å²) >= 11 is 0. The van der Waals surface area contributed by atoms with Gasteiger partial charge in [0, 0.05) is 31.8 Å². The molecule has 2 saturated heterocycles. The molecule has 0 bridgehead atoms. The van der Waals surface area contributed by atoms with E-state index in [-0.39, 0.29) is 0 Å².